The van der Waals surface area contributed by atoms with Gasteiger partial charge in [-0.05, 0) is 26.0 Å². The molecular weight excluding hydrogens is 184 g/mol. The molecule has 0 saturated heterocycles. The molecule has 0 spiro atoms. The molecule has 0 fully saturated rings. The maximum absolute atomic E-state index is 5.53. The number of rotatable bonds is 3. The van der Waals surface area contributed by atoms with Gasteiger partial charge in [0.2, 0.25) is 0 Å². The van der Waals surface area contributed by atoms with E-state index in [0.29, 0.717) is 0 Å². The lowest BCUT2D eigenvalue weighted by molar-refractivity contribution is 0.234. The number of hydrogen-bond donors (Lipinski definition) is 1. The fraction of sp³-hybridized carbons (Fsp3) is 0.400. The van der Waals surface area contributed by atoms with Crippen molar-refractivity contribution in [1.29, 1.82) is 0 Å². The zero-order valence-corrected chi connectivity index (χ0v) is 8.97. The van der Waals surface area contributed by atoms with Crippen molar-refractivity contribution >= 4 is 12.6 Å². The molecule has 0 atom stereocenters. The molecule has 0 saturated carbocycles. The SMILES string of the molecule is COc1cccc(OC(C)C)c1S. The minimum Gasteiger partial charge on any atom is -0.495 e. The zero-order chi connectivity index (χ0) is 9.84. The van der Waals surface area contributed by atoms with Crippen LogP contribution in [-0.2, 0) is 0 Å². The molecular formula is C10H14O2S. The van der Waals surface area contributed by atoms with Gasteiger partial charge in [-0.1, -0.05) is 6.07 Å². The third-order valence-corrected chi connectivity index (χ3v) is 1.99. The van der Waals surface area contributed by atoms with Gasteiger partial charge in [-0.2, -0.15) is 0 Å². The van der Waals surface area contributed by atoms with Crippen molar-refractivity contribution < 1.29 is 9.47 Å². The number of thiol groups is 1. The van der Waals surface area contributed by atoms with Gasteiger partial charge < -0.3 is 9.47 Å². The number of ether oxygens (including phenoxy) is 2. The maximum atomic E-state index is 5.53. The van der Waals surface area contributed by atoms with E-state index in [4.69, 9.17) is 9.47 Å². The third-order valence-electron chi connectivity index (χ3n) is 1.54. The van der Waals surface area contributed by atoms with Crippen LogP contribution in [0.2, 0.25) is 0 Å². The van der Waals surface area contributed by atoms with Crippen LogP contribution in [0.3, 0.4) is 0 Å². The Morgan fingerprint density at radius 1 is 1.23 bits per heavy atom. The predicted octanol–water partition coefficient (Wildman–Crippen LogP) is 2.77. The van der Waals surface area contributed by atoms with Crippen molar-refractivity contribution in [3.05, 3.63) is 18.2 Å². The molecule has 0 bridgehead atoms. The van der Waals surface area contributed by atoms with Crippen LogP contribution >= 0.6 is 12.6 Å². The van der Waals surface area contributed by atoms with Gasteiger partial charge in [-0.25, -0.2) is 0 Å². The summed E-state index contributed by atoms with van der Waals surface area (Å²) in [7, 11) is 1.62. The van der Waals surface area contributed by atoms with Crippen molar-refractivity contribution in [1.82, 2.24) is 0 Å². The van der Waals surface area contributed by atoms with Crippen molar-refractivity contribution in [2.75, 3.05) is 7.11 Å². The summed E-state index contributed by atoms with van der Waals surface area (Å²) in [5.41, 5.74) is 0. The molecule has 0 heterocycles. The second kappa shape index (κ2) is 4.42. The Morgan fingerprint density at radius 3 is 2.38 bits per heavy atom. The molecule has 0 N–H and O–H groups in total. The summed E-state index contributed by atoms with van der Waals surface area (Å²) in [6.45, 7) is 3.96. The molecule has 0 aromatic heterocycles. The highest BCUT2D eigenvalue weighted by Gasteiger charge is 2.06. The van der Waals surface area contributed by atoms with Crippen LogP contribution in [0, 0.1) is 0 Å². The van der Waals surface area contributed by atoms with Crippen molar-refractivity contribution in [3.63, 3.8) is 0 Å². The summed E-state index contributed by atoms with van der Waals surface area (Å²) in [5, 5.41) is 0. The van der Waals surface area contributed by atoms with Crippen LogP contribution in [0.5, 0.6) is 11.5 Å². The Bertz CT molecular complexity index is 284. The van der Waals surface area contributed by atoms with E-state index in [1.165, 1.54) is 0 Å². The van der Waals surface area contributed by atoms with Gasteiger partial charge in [-0.3, -0.25) is 0 Å². The summed E-state index contributed by atoms with van der Waals surface area (Å²) >= 11 is 4.32. The quantitative estimate of drug-likeness (QED) is 0.753. The summed E-state index contributed by atoms with van der Waals surface area (Å²) in [6, 6.07) is 5.62. The minimum absolute atomic E-state index is 0.151. The number of hydrogen-bond acceptors (Lipinski definition) is 3. The molecule has 1 rings (SSSR count). The Labute approximate surface area is 84.3 Å². The lowest BCUT2D eigenvalue weighted by Gasteiger charge is -2.13. The van der Waals surface area contributed by atoms with Crippen LogP contribution in [0.1, 0.15) is 13.8 Å². The van der Waals surface area contributed by atoms with E-state index in [1.54, 1.807) is 7.11 Å². The van der Waals surface area contributed by atoms with Gasteiger partial charge in [0.15, 0.2) is 0 Å². The predicted molar refractivity (Wildman–Crippen MR) is 56.0 cm³/mol. The van der Waals surface area contributed by atoms with Gasteiger partial charge in [0, 0.05) is 0 Å². The monoisotopic (exact) mass is 198 g/mol. The van der Waals surface area contributed by atoms with E-state index in [1.807, 2.05) is 32.0 Å². The standard InChI is InChI=1S/C10H14O2S/c1-7(2)12-9-6-4-5-8(11-3)10(9)13/h4-7,13H,1-3H3. The van der Waals surface area contributed by atoms with Crippen LogP contribution in [-0.4, -0.2) is 13.2 Å². The molecule has 2 nitrogen and oxygen atoms in total. The molecule has 0 aliphatic rings. The number of benzene rings is 1. The van der Waals surface area contributed by atoms with Crippen LogP contribution < -0.4 is 9.47 Å². The van der Waals surface area contributed by atoms with Gasteiger partial charge in [0.1, 0.15) is 11.5 Å². The molecule has 0 unspecified atom stereocenters. The molecule has 0 aliphatic carbocycles. The van der Waals surface area contributed by atoms with Crippen LogP contribution in [0.4, 0.5) is 0 Å². The van der Waals surface area contributed by atoms with E-state index in [2.05, 4.69) is 12.6 Å². The van der Waals surface area contributed by atoms with Crippen molar-refractivity contribution in [2.45, 2.75) is 24.8 Å². The third kappa shape index (κ3) is 2.56. The Morgan fingerprint density at radius 2 is 1.85 bits per heavy atom. The molecule has 1 aromatic carbocycles. The van der Waals surface area contributed by atoms with E-state index in [0.717, 1.165) is 16.4 Å². The molecule has 0 aliphatic heterocycles. The molecule has 3 heteroatoms. The first kappa shape index (κ1) is 10.3. The Balaban J connectivity index is 2.94. The highest BCUT2D eigenvalue weighted by atomic mass is 32.1. The van der Waals surface area contributed by atoms with Crippen molar-refractivity contribution in [3.8, 4) is 11.5 Å². The lowest BCUT2D eigenvalue weighted by atomic mass is 10.3. The second-order valence-electron chi connectivity index (χ2n) is 2.97. The van der Waals surface area contributed by atoms with Gasteiger partial charge in [-0.15, -0.1) is 12.6 Å². The normalized spacial score (nSPS) is 10.2. The largest absolute Gasteiger partial charge is 0.495 e. The lowest BCUT2D eigenvalue weighted by Crippen LogP contribution is -2.06. The van der Waals surface area contributed by atoms with E-state index in [9.17, 15) is 0 Å². The van der Waals surface area contributed by atoms with Gasteiger partial charge in [0.25, 0.3) is 0 Å². The highest BCUT2D eigenvalue weighted by molar-refractivity contribution is 7.80. The topological polar surface area (TPSA) is 18.5 Å². The molecule has 0 radical (unpaired) electrons. The summed E-state index contributed by atoms with van der Waals surface area (Å²) in [6.07, 6.45) is 0.151. The average Bonchev–Trinajstić information content (AvgIpc) is 2.08. The fourth-order valence-corrected chi connectivity index (χ4v) is 1.31. The smallest absolute Gasteiger partial charge is 0.136 e. The fourth-order valence-electron chi connectivity index (χ4n) is 1.02. The maximum Gasteiger partial charge on any atom is 0.136 e. The van der Waals surface area contributed by atoms with E-state index >= 15 is 0 Å². The Hall–Kier alpha value is -0.830. The molecule has 1 aromatic rings. The number of methoxy groups -OCH3 is 1. The first-order valence-electron chi connectivity index (χ1n) is 4.17. The van der Waals surface area contributed by atoms with Crippen LogP contribution in [0.15, 0.2) is 23.1 Å². The van der Waals surface area contributed by atoms with Crippen molar-refractivity contribution in [2.24, 2.45) is 0 Å². The first-order valence-corrected chi connectivity index (χ1v) is 4.62. The minimum atomic E-state index is 0.151. The molecule has 72 valence electrons. The van der Waals surface area contributed by atoms with Gasteiger partial charge >= 0.3 is 0 Å². The van der Waals surface area contributed by atoms with Crippen LogP contribution in [0.25, 0.3) is 0 Å². The summed E-state index contributed by atoms with van der Waals surface area (Å²) in [5.74, 6) is 1.50. The molecule has 0 amide bonds. The molecule has 13 heavy (non-hydrogen) atoms. The average molecular weight is 198 g/mol. The summed E-state index contributed by atoms with van der Waals surface area (Å²) < 4.78 is 10.6. The summed E-state index contributed by atoms with van der Waals surface area (Å²) in [4.78, 5) is 0.749. The zero-order valence-electron chi connectivity index (χ0n) is 8.07. The van der Waals surface area contributed by atoms with E-state index < -0.39 is 0 Å². The highest BCUT2D eigenvalue weighted by Crippen LogP contribution is 2.32. The second-order valence-corrected chi connectivity index (χ2v) is 3.42. The van der Waals surface area contributed by atoms with Gasteiger partial charge in [0.05, 0.1) is 18.1 Å². The van der Waals surface area contributed by atoms with E-state index in [-0.39, 0.29) is 6.10 Å². The first-order chi connectivity index (χ1) is 6.15. The Kier molecular flexibility index (Phi) is 3.48.